The summed E-state index contributed by atoms with van der Waals surface area (Å²) < 4.78 is 0. The van der Waals surface area contributed by atoms with Gasteiger partial charge in [-0.3, -0.25) is 9.59 Å². The Morgan fingerprint density at radius 2 is 1.97 bits per heavy atom. The van der Waals surface area contributed by atoms with Crippen molar-refractivity contribution in [2.24, 2.45) is 11.8 Å². The highest BCUT2D eigenvalue weighted by Gasteiger charge is 2.27. The Morgan fingerprint density at radius 1 is 1.23 bits per heavy atom. The standard InChI is InChI=1S/C24H39NO5/c1-3-4-7-11-20(28)14-15-21-19(13-16-22(21)29)10-8-5-6-9-12-23(30)25-24(2,17-26)18-27/h5,8,13-16,19-21,26-28H,3-4,6-7,9-12,17-18H2,1-2H3,(H,25,30)/b8-5-,15-14+/t19-,20+,21+/m0/s1. The second kappa shape index (κ2) is 14.3. The minimum absolute atomic E-state index is 0.0814. The van der Waals surface area contributed by atoms with E-state index in [1.54, 1.807) is 19.1 Å². The molecule has 0 saturated heterocycles. The van der Waals surface area contributed by atoms with Gasteiger partial charge in [-0.15, -0.1) is 0 Å². The second-order valence-electron chi connectivity index (χ2n) is 8.42. The summed E-state index contributed by atoms with van der Waals surface area (Å²) >= 11 is 0. The van der Waals surface area contributed by atoms with Crippen LogP contribution in [0.3, 0.4) is 0 Å². The minimum Gasteiger partial charge on any atom is -0.394 e. The van der Waals surface area contributed by atoms with Crippen molar-refractivity contribution in [2.75, 3.05) is 13.2 Å². The van der Waals surface area contributed by atoms with Crippen LogP contribution < -0.4 is 5.32 Å². The molecule has 0 saturated carbocycles. The fraction of sp³-hybridized carbons (Fsp3) is 0.667. The molecule has 0 heterocycles. The van der Waals surface area contributed by atoms with Gasteiger partial charge in [-0.2, -0.15) is 0 Å². The fourth-order valence-electron chi connectivity index (χ4n) is 3.35. The van der Waals surface area contributed by atoms with Crippen LogP contribution in [0.2, 0.25) is 0 Å². The zero-order valence-corrected chi connectivity index (χ0v) is 18.4. The molecule has 0 aromatic carbocycles. The molecule has 6 nitrogen and oxygen atoms in total. The summed E-state index contributed by atoms with van der Waals surface area (Å²) in [6.07, 6.45) is 17.1. The largest absolute Gasteiger partial charge is 0.394 e. The molecule has 0 fully saturated rings. The number of rotatable bonds is 15. The van der Waals surface area contributed by atoms with Crippen LogP contribution in [0.1, 0.15) is 65.2 Å². The number of aliphatic hydroxyl groups excluding tert-OH is 3. The highest BCUT2D eigenvalue weighted by molar-refractivity contribution is 5.95. The molecule has 0 aromatic heterocycles. The van der Waals surface area contributed by atoms with Crippen molar-refractivity contribution in [3.63, 3.8) is 0 Å². The molecule has 0 aromatic rings. The average molecular weight is 422 g/mol. The molecule has 4 N–H and O–H groups in total. The monoisotopic (exact) mass is 421 g/mol. The topological polar surface area (TPSA) is 107 Å². The number of ketones is 1. The van der Waals surface area contributed by atoms with Gasteiger partial charge in [0.15, 0.2) is 5.78 Å². The number of carbonyl (C=O) groups excluding carboxylic acids is 2. The van der Waals surface area contributed by atoms with Crippen LogP contribution in [0, 0.1) is 11.8 Å². The first kappa shape index (κ1) is 26.3. The van der Waals surface area contributed by atoms with Crippen LogP contribution in [0.4, 0.5) is 0 Å². The number of hydrogen-bond acceptors (Lipinski definition) is 5. The van der Waals surface area contributed by atoms with E-state index in [9.17, 15) is 24.9 Å². The van der Waals surface area contributed by atoms with E-state index in [2.05, 4.69) is 12.2 Å². The van der Waals surface area contributed by atoms with E-state index in [1.807, 2.05) is 24.3 Å². The van der Waals surface area contributed by atoms with Crippen LogP contribution in [-0.4, -0.2) is 51.9 Å². The van der Waals surface area contributed by atoms with Crippen LogP contribution in [0.5, 0.6) is 0 Å². The van der Waals surface area contributed by atoms with Gasteiger partial charge in [-0.25, -0.2) is 0 Å². The molecular formula is C24H39NO5. The van der Waals surface area contributed by atoms with E-state index in [-0.39, 0.29) is 36.7 Å². The maximum Gasteiger partial charge on any atom is 0.220 e. The zero-order chi connectivity index (χ0) is 22.4. The quantitative estimate of drug-likeness (QED) is 0.240. The van der Waals surface area contributed by atoms with Gasteiger partial charge in [0, 0.05) is 12.3 Å². The third-order valence-corrected chi connectivity index (χ3v) is 5.43. The van der Waals surface area contributed by atoms with Gasteiger partial charge in [-0.05, 0) is 44.6 Å². The van der Waals surface area contributed by atoms with Gasteiger partial charge >= 0.3 is 0 Å². The molecule has 1 aliphatic rings. The van der Waals surface area contributed by atoms with Crippen LogP contribution >= 0.6 is 0 Å². The molecule has 1 rings (SSSR count). The molecule has 1 amide bonds. The SMILES string of the molecule is CCCCC[C@@H](O)/C=C/[C@H]1C(=O)C=C[C@@H]1C/C=C\CCCC(=O)NC(C)(CO)CO. The van der Waals surface area contributed by atoms with Gasteiger partial charge < -0.3 is 20.6 Å². The van der Waals surface area contributed by atoms with E-state index in [0.29, 0.717) is 12.8 Å². The number of hydrogen-bond donors (Lipinski definition) is 4. The lowest BCUT2D eigenvalue weighted by Gasteiger charge is -2.26. The van der Waals surface area contributed by atoms with E-state index >= 15 is 0 Å². The van der Waals surface area contributed by atoms with Crippen molar-refractivity contribution >= 4 is 11.7 Å². The number of unbranched alkanes of at least 4 members (excludes halogenated alkanes) is 3. The molecule has 0 unspecified atom stereocenters. The van der Waals surface area contributed by atoms with Crippen molar-refractivity contribution in [1.82, 2.24) is 5.32 Å². The molecule has 170 valence electrons. The fourth-order valence-corrected chi connectivity index (χ4v) is 3.35. The molecule has 0 spiro atoms. The van der Waals surface area contributed by atoms with Crippen LogP contribution in [-0.2, 0) is 9.59 Å². The third-order valence-electron chi connectivity index (χ3n) is 5.43. The Labute approximate surface area is 180 Å². The Kier molecular flexibility index (Phi) is 12.5. The van der Waals surface area contributed by atoms with Gasteiger partial charge in [-0.1, -0.05) is 56.6 Å². The van der Waals surface area contributed by atoms with E-state index in [0.717, 1.165) is 38.5 Å². The maximum absolute atomic E-state index is 12.1. The van der Waals surface area contributed by atoms with E-state index in [4.69, 9.17) is 0 Å². The Bertz CT molecular complexity index is 607. The predicted octanol–water partition coefficient (Wildman–Crippen LogP) is 2.83. The average Bonchev–Trinajstić information content (AvgIpc) is 3.08. The van der Waals surface area contributed by atoms with Crippen molar-refractivity contribution < 1.29 is 24.9 Å². The van der Waals surface area contributed by atoms with Crippen LogP contribution in [0.25, 0.3) is 0 Å². The normalized spacial score (nSPS) is 20.5. The molecular weight excluding hydrogens is 382 g/mol. The highest BCUT2D eigenvalue weighted by atomic mass is 16.3. The lowest BCUT2D eigenvalue weighted by molar-refractivity contribution is -0.124. The zero-order valence-electron chi connectivity index (χ0n) is 18.4. The van der Waals surface area contributed by atoms with Crippen molar-refractivity contribution in [2.45, 2.75) is 76.9 Å². The minimum atomic E-state index is -0.986. The number of aliphatic hydroxyl groups is 3. The molecule has 0 aliphatic heterocycles. The first-order valence-electron chi connectivity index (χ1n) is 11.1. The Hall–Kier alpha value is -1.76. The molecule has 6 heteroatoms. The first-order chi connectivity index (χ1) is 14.3. The Morgan fingerprint density at radius 3 is 2.63 bits per heavy atom. The summed E-state index contributed by atoms with van der Waals surface area (Å²) in [5, 5.41) is 31.1. The van der Waals surface area contributed by atoms with Crippen molar-refractivity contribution in [3.8, 4) is 0 Å². The lowest BCUT2D eigenvalue weighted by Crippen LogP contribution is -2.51. The third kappa shape index (κ3) is 9.83. The number of amides is 1. The van der Waals surface area contributed by atoms with Crippen molar-refractivity contribution in [3.05, 3.63) is 36.5 Å². The van der Waals surface area contributed by atoms with Crippen LogP contribution in [0.15, 0.2) is 36.5 Å². The summed E-state index contributed by atoms with van der Waals surface area (Å²) in [7, 11) is 0. The van der Waals surface area contributed by atoms with Gasteiger partial charge in [0.1, 0.15) is 0 Å². The maximum atomic E-state index is 12.1. The molecule has 1 aliphatic carbocycles. The van der Waals surface area contributed by atoms with Gasteiger partial charge in [0.05, 0.1) is 24.9 Å². The van der Waals surface area contributed by atoms with Gasteiger partial charge in [0.25, 0.3) is 0 Å². The Balaban J connectivity index is 2.34. The highest BCUT2D eigenvalue weighted by Crippen LogP contribution is 2.27. The number of carbonyl (C=O) groups is 2. The molecule has 0 bridgehead atoms. The van der Waals surface area contributed by atoms with Gasteiger partial charge in [0.2, 0.25) is 5.91 Å². The summed E-state index contributed by atoms with van der Waals surface area (Å²) in [5.41, 5.74) is -0.986. The molecule has 0 radical (unpaired) electrons. The summed E-state index contributed by atoms with van der Waals surface area (Å²) in [4.78, 5) is 24.0. The van der Waals surface area contributed by atoms with Crippen molar-refractivity contribution in [1.29, 1.82) is 0 Å². The smallest absolute Gasteiger partial charge is 0.220 e. The molecule has 3 atom stereocenters. The first-order valence-corrected chi connectivity index (χ1v) is 11.1. The van der Waals surface area contributed by atoms with E-state index < -0.39 is 11.6 Å². The predicted molar refractivity (Wildman–Crippen MR) is 119 cm³/mol. The number of allylic oxidation sites excluding steroid dienone is 5. The summed E-state index contributed by atoms with van der Waals surface area (Å²) in [6.45, 7) is 3.10. The summed E-state index contributed by atoms with van der Waals surface area (Å²) in [5.74, 6) is -0.222. The number of nitrogens with one attached hydrogen (secondary N) is 1. The molecule has 30 heavy (non-hydrogen) atoms. The summed E-state index contributed by atoms with van der Waals surface area (Å²) in [6, 6.07) is 0. The van der Waals surface area contributed by atoms with E-state index in [1.165, 1.54) is 0 Å². The lowest BCUT2D eigenvalue weighted by atomic mass is 9.90. The second-order valence-corrected chi connectivity index (χ2v) is 8.42.